The first-order valence-corrected chi connectivity index (χ1v) is 8.91. The zero-order valence-corrected chi connectivity index (χ0v) is 15.4. The van der Waals surface area contributed by atoms with E-state index in [0.29, 0.717) is 5.71 Å². The molecule has 0 atom stereocenters. The van der Waals surface area contributed by atoms with Gasteiger partial charge in [0.25, 0.3) is 0 Å². The van der Waals surface area contributed by atoms with Crippen LogP contribution in [-0.4, -0.2) is 23.3 Å². The van der Waals surface area contributed by atoms with Crippen LogP contribution in [0.4, 0.5) is 0 Å². The lowest BCUT2D eigenvalue weighted by Crippen LogP contribution is -2.41. The molecule has 0 bridgehead atoms. The summed E-state index contributed by atoms with van der Waals surface area (Å²) in [5.41, 5.74) is 1.62. The lowest BCUT2D eigenvalue weighted by Gasteiger charge is -2.32. The number of pyridine rings is 1. The topological polar surface area (TPSA) is 44.5 Å². The van der Waals surface area contributed by atoms with Crippen LogP contribution < -0.4 is 5.46 Å². The molecular formula is C21H20BNO3. The molecular weight excluding hydrogens is 325 g/mol. The maximum absolute atomic E-state index is 6.27. The van der Waals surface area contributed by atoms with Gasteiger partial charge in [-0.05, 0) is 62.1 Å². The van der Waals surface area contributed by atoms with Gasteiger partial charge in [0.1, 0.15) is 5.58 Å². The van der Waals surface area contributed by atoms with E-state index in [1.54, 1.807) is 6.20 Å². The molecule has 26 heavy (non-hydrogen) atoms. The van der Waals surface area contributed by atoms with Gasteiger partial charge in [0.05, 0.1) is 11.2 Å². The molecule has 4 aromatic rings. The maximum Gasteiger partial charge on any atom is 0.495 e. The molecule has 0 saturated carbocycles. The summed E-state index contributed by atoms with van der Waals surface area (Å²) < 4.78 is 18.6. The Bertz CT molecular complexity index is 1150. The molecule has 130 valence electrons. The van der Waals surface area contributed by atoms with Crippen molar-refractivity contribution in [2.45, 2.75) is 38.9 Å². The Morgan fingerprint density at radius 3 is 2.23 bits per heavy atom. The number of fused-ring (bicyclic) bond motifs is 4. The molecule has 1 aliphatic rings. The second kappa shape index (κ2) is 5.09. The Hall–Kier alpha value is -2.37. The fraction of sp³-hybridized carbons (Fsp3) is 0.286. The van der Waals surface area contributed by atoms with Gasteiger partial charge in [-0.25, -0.2) is 4.98 Å². The van der Waals surface area contributed by atoms with Crippen LogP contribution in [0.25, 0.3) is 32.8 Å². The first-order valence-electron chi connectivity index (χ1n) is 8.91. The molecule has 3 heterocycles. The normalized spacial score (nSPS) is 19.0. The molecule has 0 aliphatic carbocycles. The lowest BCUT2D eigenvalue weighted by atomic mass is 9.77. The summed E-state index contributed by atoms with van der Waals surface area (Å²) in [6.07, 6.45) is 1.75. The second-order valence-corrected chi connectivity index (χ2v) is 7.97. The zero-order valence-electron chi connectivity index (χ0n) is 15.4. The summed E-state index contributed by atoms with van der Waals surface area (Å²) in [6.45, 7) is 8.25. The molecule has 1 fully saturated rings. The van der Waals surface area contributed by atoms with Crippen LogP contribution in [0.3, 0.4) is 0 Å². The van der Waals surface area contributed by atoms with Crippen LogP contribution in [0.2, 0.25) is 0 Å². The van der Waals surface area contributed by atoms with Crippen LogP contribution in [0.1, 0.15) is 27.7 Å². The van der Waals surface area contributed by atoms with Crippen LogP contribution >= 0.6 is 0 Å². The highest BCUT2D eigenvalue weighted by Gasteiger charge is 2.52. The molecule has 0 N–H and O–H groups in total. The summed E-state index contributed by atoms with van der Waals surface area (Å²) in [6, 6.07) is 14.5. The highest BCUT2D eigenvalue weighted by molar-refractivity contribution is 6.65. The highest BCUT2D eigenvalue weighted by Crippen LogP contribution is 2.38. The van der Waals surface area contributed by atoms with E-state index in [1.165, 1.54) is 5.39 Å². The number of nitrogens with zero attached hydrogens (tertiary/aromatic N) is 1. The van der Waals surface area contributed by atoms with Crippen molar-refractivity contribution in [3.8, 4) is 0 Å². The van der Waals surface area contributed by atoms with Crippen molar-refractivity contribution in [1.29, 1.82) is 0 Å². The lowest BCUT2D eigenvalue weighted by molar-refractivity contribution is 0.00578. The largest absolute Gasteiger partial charge is 0.495 e. The van der Waals surface area contributed by atoms with Gasteiger partial charge in [-0.2, -0.15) is 0 Å². The third-order valence-electron chi connectivity index (χ3n) is 5.78. The summed E-state index contributed by atoms with van der Waals surface area (Å²) in [4.78, 5) is 4.44. The third kappa shape index (κ3) is 2.14. The van der Waals surface area contributed by atoms with Crippen LogP contribution in [0.5, 0.6) is 0 Å². The average molecular weight is 345 g/mol. The minimum atomic E-state index is -0.447. The number of rotatable bonds is 1. The molecule has 0 amide bonds. The van der Waals surface area contributed by atoms with Crippen molar-refractivity contribution in [3.63, 3.8) is 0 Å². The Labute approximate surface area is 152 Å². The van der Waals surface area contributed by atoms with Crippen molar-refractivity contribution >= 4 is 45.4 Å². The molecule has 5 heteroatoms. The van der Waals surface area contributed by atoms with Gasteiger partial charge in [0.2, 0.25) is 5.71 Å². The highest BCUT2D eigenvalue weighted by atomic mass is 16.7. The minimum absolute atomic E-state index is 0.389. The molecule has 0 spiro atoms. The maximum atomic E-state index is 6.27. The second-order valence-electron chi connectivity index (χ2n) is 7.97. The summed E-state index contributed by atoms with van der Waals surface area (Å²) in [5, 5.41) is 4.32. The standard InChI is InChI=1S/C21H20BNO3/c1-20(2)21(3,4)26-22(25-20)16-9-10-23-19-18(16)15-11-13-7-5-6-8-14(13)12-17(15)24-19/h5-12H,1-4H3. The summed E-state index contributed by atoms with van der Waals surface area (Å²) in [7, 11) is -0.447. The van der Waals surface area contributed by atoms with Gasteiger partial charge in [0, 0.05) is 17.0 Å². The summed E-state index contributed by atoms with van der Waals surface area (Å²) in [5.74, 6) is 0. The monoisotopic (exact) mass is 345 g/mol. The van der Waals surface area contributed by atoms with E-state index >= 15 is 0 Å². The predicted octanol–water partition coefficient (Wildman–Crippen LogP) is 4.43. The number of aromatic nitrogens is 1. The molecule has 2 aromatic heterocycles. The van der Waals surface area contributed by atoms with E-state index in [1.807, 2.05) is 18.2 Å². The van der Waals surface area contributed by atoms with Crippen molar-refractivity contribution in [2.75, 3.05) is 0 Å². The SMILES string of the molecule is CC1(C)OB(c2ccnc3oc4cc5ccccc5cc4c23)OC1(C)C. The molecule has 2 aromatic carbocycles. The van der Waals surface area contributed by atoms with Gasteiger partial charge in [-0.3, -0.25) is 0 Å². The number of furan rings is 1. The molecule has 5 rings (SSSR count). The molecule has 1 aliphatic heterocycles. The molecule has 0 radical (unpaired) electrons. The Balaban J connectivity index is 1.77. The van der Waals surface area contributed by atoms with E-state index < -0.39 is 7.12 Å². The fourth-order valence-corrected chi connectivity index (χ4v) is 3.57. The van der Waals surface area contributed by atoms with Crippen LogP contribution in [0, 0.1) is 0 Å². The average Bonchev–Trinajstić information content (AvgIpc) is 3.06. The summed E-state index contributed by atoms with van der Waals surface area (Å²) >= 11 is 0. The smallest absolute Gasteiger partial charge is 0.438 e. The first kappa shape index (κ1) is 15.9. The number of hydrogen-bond donors (Lipinski definition) is 0. The number of benzene rings is 2. The molecule has 4 nitrogen and oxygen atoms in total. The van der Waals surface area contributed by atoms with Crippen molar-refractivity contribution in [3.05, 3.63) is 48.7 Å². The van der Waals surface area contributed by atoms with Crippen molar-refractivity contribution in [2.24, 2.45) is 0 Å². The number of hydrogen-bond acceptors (Lipinski definition) is 4. The van der Waals surface area contributed by atoms with E-state index in [2.05, 4.69) is 56.9 Å². The molecule has 0 unspecified atom stereocenters. The minimum Gasteiger partial charge on any atom is -0.438 e. The third-order valence-corrected chi connectivity index (χ3v) is 5.78. The quantitative estimate of drug-likeness (QED) is 0.479. The molecule has 1 saturated heterocycles. The van der Waals surface area contributed by atoms with Gasteiger partial charge >= 0.3 is 7.12 Å². The fourth-order valence-electron chi connectivity index (χ4n) is 3.57. The zero-order chi connectivity index (χ0) is 18.1. The van der Waals surface area contributed by atoms with Gasteiger partial charge < -0.3 is 13.7 Å². The van der Waals surface area contributed by atoms with Gasteiger partial charge in [-0.1, -0.05) is 24.3 Å². The Kier molecular flexibility index (Phi) is 3.10. The van der Waals surface area contributed by atoms with E-state index in [0.717, 1.165) is 27.2 Å². The first-order chi connectivity index (χ1) is 12.4. The predicted molar refractivity (Wildman–Crippen MR) is 105 cm³/mol. The Morgan fingerprint density at radius 1 is 0.885 bits per heavy atom. The Morgan fingerprint density at radius 2 is 1.54 bits per heavy atom. The van der Waals surface area contributed by atoms with Crippen molar-refractivity contribution < 1.29 is 13.7 Å². The van der Waals surface area contributed by atoms with Gasteiger partial charge in [-0.15, -0.1) is 0 Å². The van der Waals surface area contributed by atoms with E-state index in [-0.39, 0.29) is 11.2 Å². The van der Waals surface area contributed by atoms with Crippen LogP contribution in [-0.2, 0) is 9.31 Å². The van der Waals surface area contributed by atoms with E-state index in [4.69, 9.17) is 13.7 Å². The van der Waals surface area contributed by atoms with Gasteiger partial charge in [0.15, 0.2) is 0 Å². The van der Waals surface area contributed by atoms with Crippen LogP contribution in [0.15, 0.2) is 53.1 Å². The van der Waals surface area contributed by atoms with E-state index in [9.17, 15) is 0 Å². The van der Waals surface area contributed by atoms with Crippen molar-refractivity contribution in [1.82, 2.24) is 4.98 Å².